The van der Waals surface area contributed by atoms with Gasteiger partial charge in [-0.15, -0.1) is 72.8 Å². The van der Waals surface area contributed by atoms with Gasteiger partial charge in [-0.05, 0) is 193 Å². The van der Waals surface area contributed by atoms with Crippen molar-refractivity contribution in [2.45, 2.75) is 52.9 Å². The van der Waals surface area contributed by atoms with Crippen LogP contribution in [0.25, 0.3) is 32.3 Å². The SMILES string of the molecule is C#CCOc1ccc2cc(C(C)C)ccc2c1.C#CCOc1cccc2cc(N3C(=O)c4ccc(Oc5ccc(C(C)(C)c6ccc(Oc7ccc8c(c7)C(=O)N(c7ccc9c(OCC#C)cccc9c7)C8=O)cc6)cc5)cc4C3=O)ccc12.CC.PP(P)P(P(P)P)P(P)P. The van der Waals surface area contributed by atoms with Crippen molar-refractivity contribution in [2.24, 2.45) is 0 Å². The van der Waals surface area contributed by atoms with E-state index in [9.17, 15) is 19.2 Å². The predicted octanol–water partition coefficient (Wildman–Crippen LogP) is 21.9. The summed E-state index contributed by atoms with van der Waals surface area (Å²) in [6, 6.07) is 59.5. The molecule has 11 nitrogen and oxygen atoms in total. The molecule has 0 saturated carbocycles. The first-order chi connectivity index (χ1) is 46.2. The lowest BCUT2D eigenvalue weighted by Crippen LogP contribution is -2.29. The molecule has 4 amide bonds. The summed E-state index contributed by atoms with van der Waals surface area (Å²) < 4.78 is 29.1. The van der Waals surface area contributed by atoms with Crippen LogP contribution in [0.4, 0.5) is 11.4 Å². The van der Waals surface area contributed by atoms with Gasteiger partial charge in [-0.3, -0.25) is 19.2 Å². The van der Waals surface area contributed by atoms with Gasteiger partial charge in [0.15, 0.2) is 0 Å². The molecule has 0 aliphatic carbocycles. The van der Waals surface area contributed by atoms with Crippen LogP contribution in [-0.4, -0.2) is 43.4 Å². The summed E-state index contributed by atoms with van der Waals surface area (Å²) in [7, 11) is 17.7. The van der Waals surface area contributed by atoms with Gasteiger partial charge in [-0.1, -0.05) is 132 Å². The number of benzene rings is 10. The van der Waals surface area contributed by atoms with Gasteiger partial charge in [0.25, 0.3) is 23.6 Å². The minimum atomic E-state index is -0.440. The monoisotopic (exact) mass is 1450 g/mol. The molecule has 10 aromatic rings. The normalized spacial score (nSPS) is 12.4. The lowest BCUT2D eigenvalue weighted by molar-refractivity contribution is 0.0910. The van der Waals surface area contributed by atoms with E-state index >= 15 is 0 Å². The quantitative estimate of drug-likeness (QED) is 0.0470. The van der Waals surface area contributed by atoms with Gasteiger partial charge in [0, 0.05) is 16.2 Å². The molecule has 0 bridgehead atoms. The topological polar surface area (TPSA) is 121 Å². The zero-order chi connectivity index (χ0) is 69.0. The number of imide groups is 2. The third-order valence-electron chi connectivity index (χ3n) is 15.6. The van der Waals surface area contributed by atoms with Crippen LogP contribution in [0.5, 0.6) is 40.2 Å². The molecule has 2 heterocycles. The minimum absolute atomic E-state index is 0.123. The summed E-state index contributed by atoms with van der Waals surface area (Å²) in [5.41, 5.74) is 4.99. The lowest BCUT2D eigenvalue weighted by atomic mass is 9.78. The Morgan fingerprint density at radius 2 is 0.802 bits per heavy atom. The third-order valence-corrected chi connectivity index (χ3v) is 65.1. The number of fused-ring (bicyclic) bond motifs is 5. The van der Waals surface area contributed by atoms with E-state index in [2.05, 4.69) is 123 Å². The van der Waals surface area contributed by atoms with Crippen LogP contribution in [0, 0.1) is 37.0 Å². The number of rotatable bonds is 18. The summed E-state index contributed by atoms with van der Waals surface area (Å²) in [5, 5.41) is 5.65. The van der Waals surface area contributed by atoms with Crippen molar-refractivity contribution in [1.29, 1.82) is 0 Å². The summed E-state index contributed by atoms with van der Waals surface area (Å²) in [4.78, 5) is 56.8. The maximum atomic E-state index is 13.7. The van der Waals surface area contributed by atoms with Crippen LogP contribution in [0.2, 0.25) is 0 Å². The fraction of sp³-hybridized carbons (Fsp3) is 0.147. The molecule has 6 unspecified atom stereocenters. The molecule has 486 valence electrons. The molecule has 0 radical (unpaired) electrons. The van der Waals surface area contributed by atoms with Gasteiger partial charge >= 0.3 is 0 Å². The molecule has 12 rings (SSSR count). The van der Waals surface area contributed by atoms with Crippen molar-refractivity contribution in [2.75, 3.05) is 29.6 Å². The maximum absolute atomic E-state index is 13.7. The van der Waals surface area contributed by atoms with Gasteiger partial charge in [-0.2, -0.15) is 0 Å². The molecule has 0 N–H and O–H groups in total. The first-order valence-electron chi connectivity index (χ1n) is 30.3. The molecule has 2 aliphatic heterocycles. The predicted molar refractivity (Wildman–Crippen MR) is 427 cm³/mol. The van der Waals surface area contributed by atoms with Gasteiger partial charge in [0.05, 0.1) is 33.6 Å². The van der Waals surface area contributed by atoms with E-state index in [0.717, 1.165) is 38.4 Å². The number of amides is 4. The molecule has 0 saturated heterocycles. The number of ether oxygens (including phenoxy) is 5. The second-order valence-electron chi connectivity index (χ2n) is 22.3. The Kier molecular flexibility index (Phi) is 25.8. The fourth-order valence-electron chi connectivity index (χ4n) is 10.8. The Bertz CT molecular complexity index is 4430. The number of terminal acetylenes is 3. The fourth-order valence-corrected chi connectivity index (χ4v) is 97.4. The highest BCUT2D eigenvalue weighted by atomic mass is 33.2. The van der Waals surface area contributed by atoms with Crippen molar-refractivity contribution in [1.82, 2.24) is 0 Å². The Hall–Kier alpha value is -6.76. The van der Waals surface area contributed by atoms with E-state index in [1.54, 1.807) is 60.7 Å². The van der Waals surface area contributed by atoms with Crippen molar-refractivity contribution >= 4 is 149 Å². The van der Waals surface area contributed by atoms with Crippen LogP contribution in [0.1, 0.15) is 106 Å². The van der Waals surface area contributed by atoms with Gasteiger partial charge in [0.1, 0.15) is 60.1 Å². The number of hydrogen-bond acceptors (Lipinski definition) is 9. The first kappa shape index (κ1) is 73.5. The Balaban J connectivity index is 0.000000308. The Morgan fingerprint density at radius 3 is 1.21 bits per heavy atom. The minimum Gasteiger partial charge on any atom is -0.481 e. The summed E-state index contributed by atoms with van der Waals surface area (Å²) in [6.45, 7) is 13.8. The largest absolute Gasteiger partial charge is 0.481 e. The van der Waals surface area contributed by atoms with E-state index in [0.29, 0.717) is 69.5 Å². The van der Waals surface area contributed by atoms with E-state index in [1.807, 2.05) is 123 Å². The smallest absolute Gasteiger partial charge is 0.266 e. The van der Waals surface area contributed by atoms with Crippen molar-refractivity contribution in [3.63, 3.8) is 0 Å². The van der Waals surface area contributed by atoms with Crippen LogP contribution in [-0.2, 0) is 5.41 Å². The van der Waals surface area contributed by atoms with Crippen molar-refractivity contribution in [3.05, 3.63) is 233 Å². The molecular formula is C75H72N2O9P10. The summed E-state index contributed by atoms with van der Waals surface area (Å²) >= 11 is 0. The van der Waals surface area contributed by atoms with E-state index in [-0.39, 0.29) is 52.3 Å². The number of hydrogen-bond donors (Lipinski definition) is 0. The number of anilines is 2. The molecule has 0 spiro atoms. The average molecular weight is 1460 g/mol. The highest BCUT2D eigenvalue weighted by Crippen LogP contribution is 3.10. The van der Waals surface area contributed by atoms with Gasteiger partial charge < -0.3 is 23.7 Å². The highest BCUT2D eigenvalue weighted by Gasteiger charge is 2.39. The summed E-state index contributed by atoms with van der Waals surface area (Å²) in [6.07, 6.45) is 15.9. The van der Waals surface area contributed by atoms with Crippen molar-refractivity contribution < 1.29 is 42.9 Å². The first-order valence-corrected chi connectivity index (χ1v) is 47.5. The highest BCUT2D eigenvalue weighted by molar-refractivity contribution is 9.16. The lowest BCUT2D eigenvalue weighted by Gasteiger charge is -2.27. The molecule has 6 atom stereocenters. The second-order valence-corrected chi connectivity index (χ2v) is 58.9. The van der Waals surface area contributed by atoms with Crippen LogP contribution >= 0.6 is 81.5 Å². The Labute approximate surface area is 580 Å². The van der Waals surface area contributed by atoms with Crippen LogP contribution in [0.15, 0.2) is 194 Å². The van der Waals surface area contributed by atoms with E-state index in [1.165, 1.54) is 26.1 Å². The zero-order valence-corrected chi connectivity index (χ0v) is 64.2. The maximum Gasteiger partial charge on any atom is 0.266 e. The number of nitrogens with zero attached hydrogens (tertiary/aromatic N) is 2. The zero-order valence-electron chi connectivity index (χ0n) is 53.7. The van der Waals surface area contributed by atoms with Crippen LogP contribution < -0.4 is 33.5 Å². The Morgan fingerprint density at radius 1 is 0.417 bits per heavy atom. The molecule has 96 heavy (non-hydrogen) atoms. The molecular weight excluding hydrogens is 1380 g/mol. The molecule has 10 aromatic carbocycles. The third kappa shape index (κ3) is 17.0. The van der Waals surface area contributed by atoms with Gasteiger partial charge in [-0.25, -0.2) is 9.80 Å². The second kappa shape index (κ2) is 33.7. The van der Waals surface area contributed by atoms with E-state index in [4.69, 9.17) is 43.0 Å². The molecule has 0 aromatic heterocycles. The van der Waals surface area contributed by atoms with Gasteiger partial charge in [0.2, 0.25) is 0 Å². The van der Waals surface area contributed by atoms with Crippen LogP contribution in [0.3, 0.4) is 0 Å². The standard InChI is InChI=1S/C57H38N2O8.C16H16O.C2H6.H12P10/c1-5-29-64-51-11-7-9-35-31-39(17-25-45(35)51)58-53(60)47-27-23-43(33-49(47)55(58)62)66-41-19-13-37(14-20-41)57(3,4)38-15-21-42(22-16-38)67-44-24-28-48-50(34-44)56(63)59(54(48)61)40-18-26-46-36(32-40)10-8-12-52(46)65-30-6-2;1-4-9-17-16-8-7-14-10-13(12(2)3)5-6-15(14)11-16;1-2;1-7(2)10(8(3)4)9(5)6/h1-2,7-28,31-34H,29-30H2,3-4H3;1,5-8,10-12H,9H2,2-3H3;1-2H3;1-6H2. The molecule has 2 aliphatic rings. The number of carbonyl (C=O) groups is 4. The average Bonchev–Trinajstić information content (AvgIpc) is 1.59. The molecule has 0 fully saturated rings. The summed E-state index contributed by atoms with van der Waals surface area (Å²) in [5.74, 6) is 10.3. The van der Waals surface area contributed by atoms with E-state index < -0.39 is 29.0 Å². The molecule has 21 heteroatoms. The van der Waals surface area contributed by atoms with Crippen molar-refractivity contribution in [3.8, 4) is 77.3 Å². The number of carbonyl (C=O) groups excluding carboxylic acids is 4.